The Labute approximate surface area is 860 Å². The first-order chi connectivity index (χ1) is 68.8. The minimum Gasteiger partial charge on any atom is -0.443 e. The third-order valence-corrected chi connectivity index (χ3v) is 27.2. The number of nitrogens with zero attached hydrogens (tertiary/aromatic N) is 8. The number of benzene rings is 4. The van der Waals surface area contributed by atoms with Gasteiger partial charge in [-0.1, -0.05) is 175 Å². The number of hydrogen-bond donors (Lipinski definition) is 14. The van der Waals surface area contributed by atoms with E-state index >= 15 is 0 Å². The van der Waals surface area contributed by atoms with Crippen molar-refractivity contribution in [3.8, 4) is 23.5 Å². The molecule has 4 saturated heterocycles. The van der Waals surface area contributed by atoms with Crippen LogP contribution in [0.25, 0.3) is 0 Å². The molecule has 0 radical (unpaired) electrons. The molecule has 20 atom stereocenters. The van der Waals surface area contributed by atoms with Gasteiger partial charge in [0.05, 0.1) is 73.9 Å². The molecule has 20 unspecified atom stereocenters. The van der Waals surface area contributed by atoms with Crippen LogP contribution in [0.5, 0.6) is 23.5 Å². The standard InChI is InChI=1S/C26H33F3N2O8.C25H31F3N2O8.2C23H29F3N2O6.5CH4/c1-3-14-8-10-15(11-9-14)12-17-22(26(27,28)29)31(16-6-4-5-7-16)30-23(17)39-24-21(34)20(33)19(32)18(38-24)13-37-25(35)36-2;1-3-13-7-9-14(10-8-13)11-16-21(25(26,27)28)30(15-5-4-6-15)29-22(16)38-23-20(33)19(32)18(31)17(37-23)12-36-24(34)35-2;2*1-2-12-6-8-13(9-7-12)10-15-20(23(24,25)26)28(14-4-3-5-14)27-21(15)34-22-19(32)18(31)17(30)16(11-29)33-22;;;;;/h8-11,16,18-21,24,32-34H,3-7,12-13H2,1-2H3;7-10,15,17-20,23,31-33H,3-6,11-12H2,1-2H3;2*6-9,14,16-19,22,29-32H,2-5,10-11H2,1H3;5*1H4. The minimum absolute atomic E-state index is 0. The number of hydrogen-bond acceptors (Lipinski definition) is 32. The Bertz CT molecular complexity index is 5340. The van der Waals surface area contributed by atoms with Crippen LogP contribution in [0.2, 0.25) is 0 Å². The zero-order valence-electron chi connectivity index (χ0n) is 79.9. The van der Waals surface area contributed by atoms with Crippen molar-refractivity contribution in [1.82, 2.24) is 39.1 Å². The van der Waals surface area contributed by atoms with Gasteiger partial charge in [-0.3, -0.25) is 18.7 Å². The van der Waals surface area contributed by atoms with Gasteiger partial charge in [-0.25, -0.2) is 9.59 Å². The van der Waals surface area contributed by atoms with Crippen LogP contribution < -0.4 is 18.9 Å². The predicted molar refractivity (Wildman–Crippen MR) is 513 cm³/mol. The summed E-state index contributed by atoms with van der Waals surface area (Å²) in [5, 5.41) is 158. The number of aliphatic hydroxyl groups excluding tert-OH is 14. The van der Waals surface area contributed by atoms with Crippen LogP contribution in [0.1, 0.15) is 262 Å². The van der Waals surface area contributed by atoms with Crippen LogP contribution in [-0.4, -0.2) is 286 Å². The van der Waals surface area contributed by atoms with Crippen molar-refractivity contribution in [2.45, 2.75) is 371 Å². The van der Waals surface area contributed by atoms with E-state index in [0.717, 1.165) is 113 Å². The highest BCUT2D eigenvalue weighted by Gasteiger charge is 2.55. The van der Waals surface area contributed by atoms with Crippen molar-refractivity contribution >= 4 is 12.3 Å². The van der Waals surface area contributed by atoms with E-state index in [-0.39, 0.29) is 96.8 Å². The van der Waals surface area contributed by atoms with Crippen molar-refractivity contribution < 1.29 is 191 Å². The third kappa shape index (κ3) is 29.3. The maximum Gasteiger partial charge on any atom is 0.508 e. The van der Waals surface area contributed by atoms with Crippen LogP contribution in [0.4, 0.5) is 62.3 Å². The second-order valence-corrected chi connectivity index (χ2v) is 36.8. The van der Waals surface area contributed by atoms with E-state index in [9.17, 15) is 134 Å². The highest BCUT2D eigenvalue weighted by atomic mass is 19.4. The highest BCUT2D eigenvalue weighted by molar-refractivity contribution is 5.60. The van der Waals surface area contributed by atoms with E-state index in [1.165, 1.54) is 0 Å². The average molecular weight is 2160 g/mol. The van der Waals surface area contributed by atoms with Crippen molar-refractivity contribution in [2.75, 3.05) is 40.6 Å². The number of carbonyl (C=O) groups is 2. The van der Waals surface area contributed by atoms with Gasteiger partial charge in [-0.15, -0.1) is 20.4 Å². The summed E-state index contributed by atoms with van der Waals surface area (Å²) in [6.45, 7) is 5.38. The van der Waals surface area contributed by atoms with Gasteiger partial charge in [-0.2, -0.15) is 52.7 Å². The summed E-state index contributed by atoms with van der Waals surface area (Å²) in [5.74, 6) is -1.57. The number of aliphatic hydroxyl groups is 14. The fraction of sp³-hybridized carbons (Fsp3) is 0.627. The molecule has 16 rings (SSSR count). The lowest BCUT2D eigenvalue weighted by Crippen LogP contribution is -2.60. The number of ether oxygens (including phenoxy) is 12. The normalized spacial score (nSPS) is 26.1. The number of aryl methyl sites for hydroxylation is 4. The SMILES string of the molecule is C.C.C.C.C.CCc1ccc(Cc2c(OC3OC(CO)C(O)C(O)C3O)nn(C3CCC3)c2C(F)(F)F)cc1.CCc1ccc(Cc2c(OC3OC(CO)C(O)C(O)C3O)nn(C3CCC3)c2C(F)(F)F)cc1.CCc1ccc(Cc2c(OC3OC(COC(=O)OC)C(O)C(O)C3O)nn(C3CCC3)c2C(F)(F)F)cc1.CCc1ccc(Cc2c(OC3OC(COC(=O)OC)C(O)C(O)C3O)nn(C3CCCC3)c2C(F)(F)F)cc1. The zero-order chi connectivity index (χ0) is 105. The summed E-state index contributed by atoms with van der Waals surface area (Å²) in [7, 11) is 2.14. The highest BCUT2D eigenvalue weighted by Crippen LogP contribution is 2.50. The van der Waals surface area contributed by atoms with Crippen molar-refractivity contribution in [1.29, 1.82) is 0 Å². The van der Waals surface area contributed by atoms with Gasteiger partial charge in [-0.05, 0) is 141 Å². The van der Waals surface area contributed by atoms with Gasteiger partial charge in [0.2, 0.25) is 48.7 Å². The number of methoxy groups -OCH3 is 2. The van der Waals surface area contributed by atoms with E-state index in [2.05, 4.69) is 29.9 Å². The summed E-state index contributed by atoms with van der Waals surface area (Å²) in [4.78, 5) is 22.7. The van der Waals surface area contributed by atoms with Crippen LogP contribution >= 0.6 is 0 Å². The van der Waals surface area contributed by atoms with Crippen LogP contribution in [0.3, 0.4) is 0 Å². The Morgan fingerprint density at radius 1 is 0.300 bits per heavy atom. The van der Waals surface area contributed by atoms with Crippen LogP contribution in [0.15, 0.2) is 97.1 Å². The van der Waals surface area contributed by atoms with Gasteiger partial charge in [0.15, 0.2) is 0 Å². The molecule has 0 amide bonds. The van der Waals surface area contributed by atoms with Gasteiger partial charge in [0.1, 0.15) is 134 Å². The predicted octanol–water partition coefficient (Wildman–Crippen LogP) is 13.0. The molecule has 8 heterocycles. The Morgan fingerprint density at radius 3 is 0.660 bits per heavy atom. The molecule has 4 saturated carbocycles. The molecule has 14 N–H and O–H groups in total. The minimum atomic E-state index is -4.76. The summed E-state index contributed by atoms with van der Waals surface area (Å²) < 4.78 is 239. The molecule has 4 aromatic heterocycles. The molecule has 4 aromatic carbocycles. The summed E-state index contributed by atoms with van der Waals surface area (Å²) in [6.07, 6.45) is -43.2. The van der Waals surface area contributed by atoms with Gasteiger partial charge >= 0.3 is 37.0 Å². The van der Waals surface area contributed by atoms with Crippen molar-refractivity contribution in [3.63, 3.8) is 0 Å². The number of halogens is 12. The van der Waals surface area contributed by atoms with Gasteiger partial charge in [0, 0.05) is 25.7 Å². The average Bonchev–Trinajstić information content (AvgIpc) is 1.62. The molecule has 0 spiro atoms. The van der Waals surface area contributed by atoms with E-state index in [1.807, 2.05) is 76.2 Å². The van der Waals surface area contributed by atoms with E-state index in [0.29, 0.717) is 73.6 Å². The third-order valence-electron chi connectivity index (χ3n) is 27.2. The summed E-state index contributed by atoms with van der Waals surface area (Å²) >= 11 is 0. The molecule has 150 heavy (non-hydrogen) atoms. The molecule has 0 bridgehead atoms. The fourth-order valence-electron chi connectivity index (χ4n) is 18.0. The molecule has 48 heteroatoms. The second-order valence-electron chi connectivity index (χ2n) is 36.8. The van der Waals surface area contributed by atoms with Crippen LogP contribution in [0, 0.1) is 0 Å². The van der Waals surface area contributed by atoms with Crippen LogP contribution in [-0.2, 0) is 114 Å². The number of rotatable bonds is 30. The number of carbonyl (C=O) groups excluding carboxylic acids is 2. The first-order valence-electron chi connectivity index (χ1n) is 48.0. The molecule has 36 nitrogen and oxygen atoms in total. The fourth-order valence-corrected chi connectivity index (χ4v) is 18.0. The zero-order valence-corrected chi connectivity index (χ0v) is 79.9. The number of alkyl halides is 12. The Morgan fingerprint density at radius 2 is 0.487 bits per heavy atom. The molecule has 8 aliphatic rings. The van der Waals surface area contributed by atoms with Crippen molar-refractivity contribution in [3.05, 3.63) is 187 Å². The van der Waals surface area contributed by atoms with Gasteiger partial charge < -0.3 is 128 Å². The molecular formula is C102H142F12N8O28. The van der Waals surface area contributed by atoms with E-state index < -0.39 is 245 Å². The maximum atomic E-state index is 14.5. The Hall–Kier alpha value is -10.1. The molecule has 4 aliphatic carbocycles. The lowest BCUT2D eigenvalue weighted by Gasteiger charge is -2.39. The lowest BCUT2D eigenvalue weighted by atomic mass is 9.93. The maximum absolute atomic E-state index is 14.5. The smallest absolute Gasteiger partial charge is 0.443 e. The molecule has 4 aliphatic heterocycles. The van der Waals surface area contributed by atoms with E-state index in [1.54, 1.807) is 48.5 Å². The van der Waals surface area contributed by atoms with E-state index in [4.69, 9.17) is 47.4 Å². The molecule has 842 valence electrons. The first kappa shape index (κ1) is 125. The monoisotopic (exact) mass is 2150 g/mol. The molecule has 8 fully saturated rings. The lowest BCUT2D eigenvalue weighted by molar-refractivity contribution is -0.278. The summed E-state index contributed by atoms with van der Waals surface area (Å²) in [5.41, 5.74) is 1.94. The first-order valence-corrected chi connectivity index (χ1v) is 48.0. The Balaban J connectivity index is 0.000000241. The quantitative estimate of drug-likeness (QED) is 0.0147. The molecule has 8 aromatic rings. The Kier molecular flexibility index (Phi) is 45.1. The summed E-state index contributed by atoms with van der Waals surface area (Å²) in [6, 6.07) is 26.8. The van der Waals surface area contributed by atoms with Crippen molar-refractivity contribution in [2.24, 2.45) is 0 Å². The largest absolute Gasteiger partial charge is 0.508 e. The van der Waals surface area contributed by atoms with Gasteiger partial charge in [0.25, 0.3) is 0 Å². The molecular weight excluding hydrogens is 2010 g/mol. The topological polar surface area (TPSA) is 499 Å². The number of aromatic nitrogens is 8. The second kappa shape index (κ2) is 54.1.